The number of hydrazine groups is 1. The number of nitrogens with one attached hydrogen (secondary N) is 2. The van der Waals surface area contributed by atoms with Gasteiger partial charge in [0.05, 0.1) is 11.9 Å². The van der Waals surface area contributed by atoms with Gasteiger partial charge in [-0.3, -0.25) is 9.48 Å². The molecule has 0 radical (unpaired) electrons. The van der Waals surface area contributed by atoms with Crippen molar-refractivity contribution in [3.63, 3.8) is 0 Å². The van der Waals surface area contributed by atoms with Crippen molar-refractivity contribution in [2.75, 3.05) is 10.7 Å². The minimum Gasteiger partial charge on any atom is -0.319 e. The molecule has 0 aliphatic carbocycles. The van der Waals surface area contributed by atoms with Crippen molar-refractivity contribution in [1.82, 2.24) is 14.8 Å². The average Bonchev–Trinajstić information content (AvgIpc) is 2.84. The second-order valence-corrected chi connectivity index (χ2v) is 4.48. The van der Waals surface area contributed by atoms with Crippen LogP contribution in [0, 0.1) is 0 Å². The molecule has 2 aromatic heterocycles. The van der Waals surface area contributed by atoms with Crippen LogP contribution in [0.5, 0.6) is 0 Å². The van der Waals surface area contributed by atoms with E-state index in [9.17, 15) is 4.79 Å². The zero-order valence-corrected chi connectivity index (χ0v) is 11.6. The van der Waals surface area contributed by atoms with Crippen LogP contribution in [0.4, 0.5) is 11.5 Å². The molecule has 7 heteroatoms. The molecule has 106 valence electrons. The third kappa shape index (κ3) is 3.33. The van der Waals surface area contributed by atoms with Gasteiger partial charge in [0.15, 0.2) is 0 Å². The molecule has 0 unspecified atom stereocenters. The Labute approximate surface area is 117 Å². The largest absolute Gasteiger partial charge is 0.319 e. The summed E-state index contributed by atoms with van der Waals surface area (Å²) < 4.78 is 1.62. The van der Waals surface area contributed by atoms with Crippen molar-refractivity contribution in [2.45, 2.75) is 19.8 Å². The topological polar surface area (TPSA) is 97.9 Å². The van der Waals surface area contributed by atoms with Crippen molar-refractivity contribution >= 4 is 17.4 Å². The molecule has 2 aromatic rings. The van der Waals surface area contributed by atoms with Gasteiger partial charge >= 0.3 is 0 Å². The Morgan fingerprint density at radius 3 is 2.85 bits per heavy atom. The maximum Gasteiger partial charge on any atom is 0.255 e. The Kier molecular flexibility index (Phi) is 4.31. The molecule has 0 fully saturated rings. The lowest BCUT2D eigenvalue weighted by Gasteiger charge is -2.08. The van der Waals surface area contributed by atoms with Gasteiger partial charge in [0.25, 0.3) is 5.91 Å². The summed E-state index contributed by atoms with van der Waals surface area (Å²) in [4.78, 5) is 16.5. The second kappa shape index (κ2) is 6.16. The molecular formula is C13H18N6O. The van der Waals surface area contributed by atoms with Crippen molar-refractivity contribution in [2.24, 2.45) is 12.9 Å². The number of nitrogen functional groups attached to an aromatic ring is 1. The van der Waals surface area contributed by atoms with Crippen LogP contribution in [0.25, 0.3) is 0 Å². The molecule has 2 heterocycles. The predicted molar refractivity (Wildman–Crippen MR) is 77.2 cm³/mol. The highest BCUT2D eigenvalue weighted by molar-refractivity contribution is 6.04. The van der Waals surface area contributed by atoms with Crippen LogP contribution in [0.15, 0.2) is 24.5 Å². The lowest BCUT2D eigenvalue weighted by atomic mass is 10.1. The van der Waals surface area contributed by atoms with Crippen LogP contribution < -0.4 is 16.6 Å². The molecular weight excluding hydrogens is 256 g/mol. The van der Waals surface area contributed by atoms with Crippen molar-refractivity contribution < 1.29 is 4.79 Å². The van der Waals surface area contributed by atoms with Crippen molar-refractivity contribution in [3.05, 3.63) is 35.8 Å². The van der Waals surface area contributed by atoms with Gasteiger partial charge in [0.2, 0.25) is 0 Å². The SMILES string of the molecule is CCCc1cc(C(=O)Nc2cnn(C)c2)cc(NN)n1. The molecule has 2 rings (SSSR count). The van der Waals surface area contributed by atoms with E-state index in [1.807, 2.05) is 0 Å². The number of nitrogens with two attached hydrogens (primary N) is 1. The van der Waals surface area contributed by atoms with Gasteiger partial charge in [-0.1, -0.05) is 13.3 Å². The number of carbonyl (C=O) groups is 1. The number of aromatic nitrogens is 3. The van der Waals surface area contributed by atoms with E-state index in [2.05, 4.69) is 27.7 Å². The lowest BCUT2D eigenvalue weighted by molar-refractivity contribution is 0.102. The number of nitrogens with zero attached hydrogens (tertiary/aromatic N) is 3. The normalized spacial score (nSPS) is 10.3. The van der Waals surface area contributed by atoms with Crippen LogP contribution in [-0.4, -0.2) is 20.7 Å². The fourth-order valence-corrected chi connectivity index (χ4v) is 1.87. The summed E-state index contributed by atoms with van der Waals surface area (Å²) >= 11 is 0. The molecule has 20 heavy (non-hydrogen) atoms. The summed E-state index contributed by atoms with van der Waals surface area (Å²) in [6.45, 7) is 2.06. The van der Waals surface area contributed by atoms with Gasteiger partial charge in [0, 0.05) is 24.5 Å². The Morgan fingerprint density at radius 1 is 1.45 bits per heavy atom. The maximum atomic E-state index is 12.2. The van der Waals surface area contributed by atoms with Gasteiger partial charge in [-0.25, -0.2) is 10.8 Å². The van der Waals surface area contributed by atoms with Gasteiger partial charge in [-0.15, -0.1) is 0 Å². The number of pyridine rings is 1. The van der Waals surface area contributed by atoms with E-state index in [4.69, 9.17) is 5.84 Å². The third-order valence-electron chi connectivity index (χ3n) is 2.76. The minimum atomic E-state index is -0.214. The predicted octanol–water partition coefficient (Wildman–Crippen LogP) is 1.31. The van der Waals surface area contributed by atoms with Gasteiger partial charge < -0.3 is 10.7 Å². The summed E-state index contributed by atoms with van der Waals surface area (Å²) in [6.07, 6.45) is 5.07. The number of hydrogen-bond donors (Lipinski definition) is 3. The van der Waals surface area contributed by atoms with Gasteiger partial charge in [-0.05, 0) is 18.6 Å². The van der Waals surface area contributed by atoms with Gasteiger partial charge in [-0.2, -0.15) is 5.10 Å². The first-order valence-corrected chi connectivity index (χ1v) is 6.40. The summed E-state index contributed by atoms with van der Waals surface area (Å²) in [5, 5.41) is 6.78. The first kappa shape index (κ1) is 14.0. The monoisotopic (exact) mass is 274 g/mol. The summed E-state index contributed by atoms with van der Waals surface area (Å²) in [6, 6.07) is 3.39. The van der Waals surface area contributed by atoms with E-state index in [1.165, 1.54) is 0 Å². The molecule has 0 saturated carbocycles. The van der Waals surface area contributed by atoms with Crippen molar-refractivity contribution in [3.8, 4) is 0 Å². The quantitative estimate of drug-likeness (QED) is 0.564. The lowest BCUT2D eigenvalue weighted by Crippen LogP contribution is -2.15. The number of amides is 1. The van der Waals surface area contributed by atoms with E-state index in [0.29, 0.717) is 17.1 Å². The van der Waals surface area contributed by atoms with Gasteiger partial charge in [0.1, 0.15) is 5.82 Å². The molecule has 0 aliphatic rings. The molecule has 0 atom stereocenters. The molecule has 4 N–H and O–H groups in total. The van der Waals surface area contributed by atoms with Crippen LogP contribution in [-0.2, 0) is 13.5 Å². The summed E-state index contributed by atoms with van der Waals surface area (Å²) in [7, 11) is 1.79. The van der Waals surface area contributed by atoms with E-state index in [1.54, 1.807) is 36.3 Å². The number of aryl methyl sites for hydroxylation is 2. The fourth-order valence-electron chi connectivity index (χ4n) is 1.87. The second-order valence-electron chi connectivity index (χ2n) is 4.48. The molecule has 0 bridgehead atoms. The highest BCUT2D eigenvalue weighted by atomic mass is 16.1. The Bertz CT molecular complexity index is 607. The first-order chi connectivity index (χ1) is 9.62. The maximum absolute atomic E-state index is 12.2. The Hall–Kier alpha value is -2.41. The average molecular weight is 274 g/mol. The highest BCUT2D eigenvalue weighted by Gasteiger charge is 2.10. The van der Waals surface area contributed by atoms with E-state index >= 15 is 0 Å². The summed E-state index contributed by atoms with van der Waals surface area (Å²) in [5.74, 6) is 5.65. The number of anilines is 2. The summed E-state index contributed by atoms with van der Waals surface area (Å²) in [5.41, 5.74) is 4.48. The molecule has 0 saturated heterocycles. The molecule has 0 spiro atoms. The smallest absolute Gasteiger partial charge is 0.255 e. The first-order valence-electron chi connectivity index (χ1n) is 6.40. The van der Waals surface area contributed by atoms with Crippen LogP contribution in [0.3, 0.4) is 0 Å². The zero-order valence-electron chi connectivity index (χ0n) is 11.6. The fraction of sp³-hybridized carbons (Fsp3) is 0.308. The molecule has 0 aromatic carbocycles. The molecule has 0 aliphatic heterocycles. The standard InChI is InChI=1S/C13H18N6O/c1-3-4-10-5-9(6-12(16-10)18-14)13(20)17-11-7-15-19(2)8-11/h5-8H,3-4,14H2,1-2H3,(H,16,18)(H,17,20). The van der Waals surface area contributed by atoms with Crippen LogP contribution >= 0.6 is 0 Å². The van der Waals surface area contributed by atoms with Crippen LogP contribution in [0.1, 0.15) is 29.4 Å². The number of rotatable bonds is 5. The van der Waals surface area contributed by atoms with E-state index < -0.39 is 0 Å². The van der Waals surface area contributed by atoms with Crippen molar-refractivity contribution in [1.29, 1.82) is 0 Å². The van der Waals surface area contributed by atoms with E-state index in [0.717, 1.165) is 18.5 Å². The number of carbonyl (C=O) groups excluding carboxylic acids is 1. The molecule has 7 nitrogen and oxygen atoms in total. The Balaban J connectivity index is 2.21. The molecule has 1 amide bonds. The van der Waals surface area contributed by atoms with E-state index in [-0.39, 0.29) is 5.91 Å². The third-order valence-corrected chi connectivity index (χ3v) is 2.76. The Morgan fingerprint density at radius 2 is 2.25 bits per heavy atom. The highest BCUT2D eigenvalue weighted by Crippen LogP contribution is 2.13. The van der Waals surface area contributed by atoms with Crippen LogP contribution in [0.2, 0.25) is 0 Å². The number of hydrogen-bond acceptors (Lipinski definition) is 5. The zero-order chi connectivity index (χ0) is 14.5. The minimum absolute atomic E-state index is 0.214.